The van der Waals surface area contributed by atoms with Crippen LogP contribution in [0.3, 0.4) is 0 Å². The van der Waals surface area contributed by atoms with Crippen molar-refractivity contribution in [3.8, 4) is 0 Å². The van der Waals surface area contributed by atoms with Crippen molar-refractivity contribution in [1.29, 1.82) is 0 Å². The molecule has 0 saturated heterocycles. The number of carbonyl (C=O) groups excluding carboxylic acids is 1. The van der Waals surface area contributed by atoms with Crippen molar-refractivity contribution in [3.63, 3.8) is 0 Å². The number of hydrogen-bond donors (Lipinski definition) is 2. The first kappa shape index (κ1) is 8.96. The molecule has 0 aromatic carbocycles. The summed E-state index contributed by atoms with van der Waals surface area (Å²) in [6.07, 6.45) is 2.09. The van der Waals surface area contributed by atoms with Gasteiger partial charge in [-0.15, -0.1) is 11.3 Å². The maximum Gasteiger partial charge on any atom is 0.245 e. The van der Waals surface area contributed by atoms with E-state index in [0.29, 0.717) is 17.8 Å². The highest BCUT2D eigenvalue weighted by Gasteiger charge is 2.13. The molecule has 4 nitrogen and oxygen atoms in total. The van der Waals surface area contributed by atoms with Gasteiger partial charge in [0.25, 0.3) is 0 Å². The Balaban J connectivity index is 2.53. The van der Waals surface area contributed by atoms with Crippen molar-refractivity contribution in [2.45, 2.75) is 6.42 Å². The highest BCUT2D eigenvalue weighted by molar-refractivity contribution is 7.11. The molecule has 5 heteroatoms. The third kappa shape index (κ3) is 1.54. The average molecular weight is 207 g/mol. The normalized spacial score (nSPS) is 15.1. The van der Waals surface area contributed by atoms with E-state index in [4.69, 9.17) is 11.5 Å². The smallest absolute Gasteiger partial charge is 0.245 e. The van der Waals surface area contributed by atoms with Gasteiger partial charge in [-0.2, -0.15) is 0 Å². The number of hydrogen-bond acceptors (Lipinski definition) is 4. The van der Waals surface area contributed by atoms with Gasteiger partial charge in [-0.25, -0.2) is 4.99 Å². The van der Waals surface area contributed by atoms with Crippen molar-refractivity contribution < 1.29 is 4.79 Å². The van der Waals surface area contributed by atoms with E-state index in [-0.39, 0.29) is 0 Å². The Labute approximate surface area is 84.9 Å². The van der Waals surface area contributed by atoms with Gasteiger partial charge in [-0.3, -0.25) is 4.79 Å². The molecular weight excluding hydrogens is 198 g/mol. The summed E-state index contributed by atoms with van der Waals surface area (Å²) in [6.45, 7) is 0. The van der Waals surface area contributed by atoms with Gasteiger partial charge in [-0.05, 0) is 17.5 Å². The SMILES string of the molecule is NC(=O)C1=Cc2sccc2N=C(N)C1. The topological polar surface area (TPSA) is 81.5 Å². The molecule has 72 valence electrons. The second kappa shape index (κ2) is 3.26. The van der Waals surface area contributed by atoms with E-state index in [2.05, 4.69) is 4.99 Å². The number of amidine groups is 1. The monoisotopic (exact) mass is 207 g/mol. The number of nitrogens with two attached hydrogens (primary N) is 2. The minimum atomic E-state index is -0.440. The molecular formula is C9H9N3OS. The van der Waals surface area contributed by atoms with E-state index < -0.39 is 5.91 Å². The lowest BCUT2D eigenvalue weighted by Gasteiger charge is -1.98. The number of carbonyl (C=O) groups is 1. The highest BCUT2D eigenvalue weighted by Crippen LogP contribution is 2.30. The largest absolute Gasteiger partial charge is 0.387 e. The fourth-order valence-electron chi connectivity index (χ4n) is 1.27. The van der Waals surface area contributed by atoms with Crippen molar-refractivity contribution in [2.75, 3.05) is 0 Å². The van der Waals surface area contributed by atoms with E-state index in [1.807, 2.05) is 11.4 Å². The molecule has 2 heterocycles. The fraction of sp³-hybridized carbons (Fsp3) is 0.111. The Morgan fingerprint density at radius 2 is 2.36 bits per heavy atom. The lowest BCUT2D eigenvalue weighted by Crippen LogP contribution is -2.19. The Hall–Kier alpha value is -1.62. The van der Waals surface area contributed by atoms with Crippen LogP contribution in [-0.4, -0.2) is 11.7 Å². The van der Waals surface area contributed by atoms with E-state index in [1.54, 1.807) is 6.08 Å². The number of thiophene rings is 1. The molecule has 0 spiro atoms. The second-order valence-electron chi connectivity index (χ2n) is 2.98. The zero-order valence-corrected chi connectivity index (χ0v) is 8.17. The number of rotatable bonds is 1. The Morgan fingerprint density at radius 3 is 3.07 bits per heavy atom. The quantitative estimate of drug-likeness (QED) is 0.720. The summed E-state index contributed by atoms with van der Waals surface area (Å²) in [4.78, 5) is 16.1. The molecule has 4 N–H and O–H groups in total. The summed E-state index contributed by atoms with van der Waals surface area (Å²) in [7, 11) is 0. The van der Waals surface area contributed by atoms with Crippen molar-refractivity contribution in [3.05, 3.63) is 21.9 Å². The van der Waals surface area contributed by atoms with Crippen LogP contribution in [0, 0.1) is 0 Å². The van der Waals surface area contributed by atoms with Crippen LogP contribution in [0.25, 0.3) is 6.08 Å². The molecule has 2 rings (SSSR count). The molecule has 0 saturated carbocycles. The number of nitrogens with zero attached hydrogens (tertiary/aromatic N) is 1. The van der Waals surface area contributed by atoms with Gasteiger partial charge in [0.15, 0.2) is 0 Å². The number of amides is 1. The first-order chi connectivity index (χ1) is 6.66. The van der Waals surface area contributed by atoms with Gasteiger partial charge >= 0.3 is 0 Å². The van der Waals surface area contributed by atoms with Gasteiger partial charge in [0, 0.05) is 12.0 Å². The molecule has 0 atom stereocenters. The lowest BCUT2D eigenvalue weighted by atomic mass is 10.1. The maximum absolute atomic E-state index is 11.0. The zero-order valence-electron chi connectivity index (χ0n) is 7.36. The number of aliphatic imine (C=N–C) groups is 1. The molecule has 14 heavy (non-hydrogen) atoms. The minimum absolute atomic E-state index is 0.330. The summed E-state index contributed by atoms with van der Waals surface area (Å²) < 4.78 is 0. The van der Waals surface area contributed by atoms with Crippen LogP contribution in [0.5, 0.6) is 0 Å². The van der Waals surface area contributed by atoms with Gasteiger partial charge in [-0.1, -0.05) is 0 Å². The van der Waals surface area contributed by atoms with Crippen LogP contribution in [0.2, 0.25) is 0 Å². The van der Waals surface area contributed by atoms with Crippen molar-refractivity contribution >= 4 is 34.8 Å². The first-order valence-electron chi connectivity index (χ1n) is 4.07. The summed E-state index contributed by atoms with van der Waals surface area (Å²) in [5.74, 6) is -0.0170. The summed E-state index contributed by atoms with van der Waals surface area (Å²) in [6, 6.07) is 1.87. The molecule has 1 aromatic heterocycles. The Morgan fingerprint density at radius 1 is 1.57 bits per heavy atom. The van der Waals surface area contributed by atoms with E-state index >= 15 is 0 Å². The van der Waals surface area contributed by atoms with Crippen LogP contribution < -0.4 is 11.5 Å². The predicted molar refractivity (Wildman–Crippen MR) is 57.4 cm³/mol. The molecule has 0 bridgehead atoms. The predicted octanol–water partition coefficient (Wildman–Crippen LogP) is 1.01. The Bertz CT molecular complexity index is 445. The maximum atomic E-state index is 11.0. The van der Waals surface area contributed by atoms with Crippen molar-refractivity contribution in [2.24, 2.45) is 16.5 Å². The number of fused-ring (bicyclic) bond motifs is 1. The number of primary amides is 1. The zero-order chi connectivity index (χ0) is 10.1. The molecule has 1 aromatic rings. The van der Waals surface area contributed by atoms with Crippen LogP contribution in [0.15, 0.2) is 22.0 Å². The van der Waals surface area contributed by atoms with Crippen LogP contribution in [0.4, 0.5) is 5.69 Å². The molecule has 0 aliphatic carbocycles. The lowest BCUT2D eigenvalue weighted by molar-refractivity contribution is -0.114. The van der Waals surface area contributed by atoms with E-state index in [0.717, 1.165) is 10.6 Å². The molecule has 0 radical (unpaired) electrons. The molecule has 1 aliphatic heterocycles. The Kier molecular flexibility index (Phi) is 2.09. The van der Waals surface area contributed by atoms with E-state index in [9.17, 15) is 4.79 Å². The van der Waals surface area contributed by atoms with E-state index in [1.165, 1.54) is 11.3 Å². The van der Waals surface area contributed by atoms with Gasteiger partial charge in [0.1, 0.15) is 5.84 Å². The van der Waals surface area contributed by atoms with Gasteiger partial charge < -0.3 is 11.5 Å². The highest BCUT2D eigenvalue weighted by atomic mass is 32.1. The first-order valence-corrected chi connectivity index (χ1v) is 4.95. The summed E-state index contributed by atoms with van der Waals surface area (Å²) in [5, 5.41) is 1.90. The molecule has 1 amide bonds. The van der Waals surface area contributed by atoms with Crippen molar-refractivity contribution in [1.82, 2.24) is 0 Å². The van der Waals surface area contributed by atoms with Crippen LogP contribution in [-0.2, 0) is 4.79 Å². The van der Waals surface area contributed by atoms with Gasteiger partial charge in [0.2, 0.25) is 5.91 Å². The van der Waals surface area contributed by atoms with Crippen LogP contribution >= 0.6 is 11.3 Å². The minimum Gasteiger partial charge on any atom is -0.387 e. The molecule has 1 aliphatic rings. The summed E-state index contributed by atoms with van der Waals surface area (Å²) >= 11 is 1.52. The third-order valence-electron chi connectivity index (χ3n) is 1.93. The second-order valence-corrected chi connectivity index (χ2v) is 3.93. The molecule has 0 unspecified atom stereocenters. The molecule has 0 fully saturated rings. The fourth-order valence-corrected chi connectivity index (χ4v) is 2.06. The van der Waals surface area contributed by atoms with Crippen LogP contribution in [0.1, 0.15) is 11.3 Å². The average Bonchev–Trinajstić information content (AvgIpc) is 2.45. The standard InChI is InChI=1S/C9H9N3OS/c10-8-4-5(9(11)13)3-7-6(12-8)1-2-14-7/h1-3H,4H2,(H2,10,12)(H2,11,13). The summed E-state index contributed by atoms with van der Waals surface area (Å²) in [5.41, 5.74) is 12.2. The van der Waals surface area contributed by atoms with Gasteiger partial charge in [0.05, 0.1) is 10.6 Å². The third-order valence-corrected chi connectivity index (χ3v) is 2.78.